The summed E-state index contributed by atoms with van der Waals surface area (Å²) in [5.41, 5.74) is -0.342. The predicted octanol–water partition coefficient (Wildman–Crippen LogP) is 3.56. The van der Waals surface area contributed by atoms with Gasteiger partial charge in [-0.05, 0) is 29.8 Å². The third kappa shape index (κ3) is 3.25. The third-order valence-electron chi connectivity index (χ3n) is 4.12. The smallest absolute Gasteiger partial charge is 0.362 e. The van der Waals surface area contributed by atoms with Crippen LogP contribution in [-0.4, -0.2) is 15.9 Å². The molecule has 7 nitrogen and oxygen atoms in total. The first-order valence-electron chi connectivity index (χ1n) is 8.21. The second-order valence-corrected chi connectivity index (χ2v) is 6.79. The molecule has 28 heavy (non-hydrogen) atoms. The number of carbonyl (C=O) groups is 1. The number of halogens is 1. The summed E-state index contributed by atoms with van der Waals surface area (Å²) in [6, 6.07) is 15.4. The Bertz CT molecular complexity index is 1300. The molecule has 4 aromatic rings. The highest BCUT2D eigenvalue weighted by Gasteiger charge is 2.21. The highest BCUT2D eigenvalue weighted by Crippen LogP contribution is 2.31. The summed E-state index contributed by atoms with van der Waals surface area (Å²) in [5, 5.41) is 2.67. The largest absolute Gasteiger partial charge is 0.402 e. The molecule has 1 amide bonds. The molecule has 0 unspecified atom stereocenters. The van der Waals surface area contributed by atoms with Crippen molar-refractivity contribution in [3.05, 3.63) is 91.7 Å². The number of amides is 1. The molecule has 2 heterocycles. The quantitative estimate of drug-likeness (QED) is 0.509. The van der Waals surface area contributed by atoms with Crippen molar-refractivity contribution in [2.45, 2.75) is 0 Å². The number of anilines is 1. The van der Waals surface area contributed by atoms with Gasteiger partial charge in [-0.2, -0.15) is 0 Å². The zero-order chi connectivity index (χ0) is 19.7. The Morgan fingerprint density at radius 2 is 1.75 bits per heavy atom. The fourth-order valence-corrected chi connectivity index (χ4v) is 3.11. The minimum absolute atomic E-state index is 0.0767. The zero-order valence-corrected chi connectivity index (χ0v) is 15.8. The Morgan fingerprint density at radius 3 is 2.46 bits per heavy atom. The Morgan fingerprint density at radius 1 is 1.04 bits per heavy atom. The molecule has 2 aromatic carbocycles. The Hall–Kier alpha value is -3.52. The van der Waals surface area contributed by atoms with E-state index >= 15 is 0 Å². The summed E-state index contributed by atoms with van der Waals surface area (Å²) < 4.78 is 6.01. The molecule has 0 saturated heterocycles. The average molecular weight is 438 g/mol. The van der Waals surface area contributed by atoms with Crippen molar-refractivity contribution in [1.82, 2.24) is 9.97 Å². The normalized spacial score (nSPS) is 10.8. The van der Waals surface area contributed by atoms with Gasteiger partial charge >= 0.3 is 5.63 Å². The minimum Gasteiger partial charge on any atom is -0.402 e. The number of hydrogen-bond acceptors (Lipinski definition) is 5. The SMILES string of the molecule is O=C(Nc1c(-c2ccc(Br)cc2)c2c(=O)[nH]cnc2oc1=O)c1ccccc1. The van der Waals surface area contributed by atoms with Crippen LogP contribution in [0.3, 0.4) is 0 Å². The average Bonchev–Trinajstić information content (AvgIpc) is 2.70. The number of fused-ring (bicyclic) bond motifs is 1. The maximum Gasteiger partial charge on any atom is 0.362 e. The summed E-state index contributed by atoms with van der Waals surface area (Å²) in [6.07, 6.45) is 1.15. The molecule has 0 radical (unpaired) electrons. The van der Waals surface area contributed by atoms with Crippen LogP contribution in [0.2, 0.25) is 0 Å². The van der Waals surface area contributed by atoms with Gasteiger partial charge in [0.1, 0.15) is 11.1 Å². The summed E-state index contributed by atoms with van der Waals surface area (Å²) in [4.78, 5) is 44.2. The standard InChI is InChI=1S/C20H12BrN3O4/c21-13-8-6-11(7-9-13)14-15-18(26)22-10-23-19(15)28-20(27)16(14)24-17(25)12-4-2-1-3-5-12/h1-10H,(H,24,25)(H,22,23,26). The van der Waals surface area contributed by atoms with E-state index in [-0.39, 0.29) is 22.4 Å². The van der Waals surface area contributed by atoms with Crippen LogP contribution in [0.15, 0.2) is 79.4 Å². The molecular formula is C20H12BrN3O4. The second kappa shape index (κ2) is 7.24. The summed E-state index contributed by atoms with van der Waals surface area (Å²) in [7, 11) is 0. The van der Waals surface area contributed by atoms with Gasteiger partial charge in [-0.1, -0.05) is 46.3 Å². The van der Waals surface area contributed by atoms with E-state index in [1.165, 1.54) is 0 Å². The Kier molecular flexibility index (Phi) is 4.62. The molecule has 0 fully saturated rings. The molecule has 0 saturated carbocycles. The van der Waals surface area contributed by atoms with E-state index in [0.29, 0.717) is 11.1 Å². The number of H-pyrrole nitrogens is 1. The van der Waals surface area contributed by atoms with Gasteiger partial charge in [0.15, 0.2) is 0 Å². The van der Waals surface area contributed by atoms with E-state index in [0.717, 1.165) is 10.8 Å². The molecule has 0 bridgehead atoms. The van der Waals surface area contributed by atoms with Crippen LogP contribution in [0.5, 0.6) is 0 Å². The molecule has 2 aromatic heterocycles. The topological polar surface area (TPSA) is 105 Å². The van der Waals surface area contributed by atoms with Gasteiger partial charge in [0.25, 0.3) is 11.5 Å². The molecule has 2 N–H and O–H groups in total. The van der Waals surface area contributed by atoms with Crippen LogP contribution in [-0.2, 0) is 0 Å². The van der Waals surface area contributed by atoms with Crippen molar-refractivity contribution < 1.29 is 9.21 Å². The van der Waals surface area contributed by atoms with Crippen molar-refractivity contribution in [3.63, 3.8) is 0 Å². The summed E-state index contributed by atoms with van der Waals surface area (Å²) >= 11 is 3.36. The van der Waals surface area contributed by atoms with E-state index in [2.05, 4.69) is 31.2 Å². The lowest BCUT2D eigenvalue weighted by atomic mass is 10.0. The molecule has 0 aliphatic carbocycles. The van der Waals surface area contributed by atoms with Crippen LogP contribution < -0.4 is 16.5 Å². The van der Waals surface area contributed by atoms with E-state index in [9.17, 15) is 14.4 Å². The van der Waals surface area contributed by atoms with Crippen LogP contribution in [0, 0.1) is 0 Å². The number of nitrogens with one attached hydrogen (secondary N) is 2. The lowest BCUT2D eigenvalue weighted by molar-refractivity contribution is 0.102. The van der Waals surface area contributed by atoms with Crippen molar-refractivity contribution in [1.29, 1.82) is 0 Å². The van der Waals surface area contributed by atoms with Gasteiger partial charge in [0.2, 0.25) is 5.71 Å². The first kappa shape index (κ1) is 17.9. The number of aromatic nitrogens is 2. The number of hydrogen-bond donors (Lipinski definition) is 2. The molecule has 138 valence electrons. The first-order valence-corrected chi connectivity index (χ1v) is 9.01. The van der Waals surface area contributed by atoms with Gasteiger partial charge in [-0.15, -0.1) is 0 Å². The molecule has 4 rings (SSSR count). The van der Waals surface area contributed by atoms with Crippen LogP contribution in [0.25, 0.3) is 22.2 Å². The minimum atomic E-state index is -0.798. The van der Waals surface area contributed by atoms with Crippen molar-refractivity contribution in [2.24, 2.45) is 0 Å². The monoisotopic (exact) mass is 437 g/mol. The van der Waals surface area contributed by atoms with Crippen molar-refractivity contribution in [3.8, 4) is 11.1 Å². The van der Waals surface area contributed by atoms with E-state index in [1.54, 1.807) is 54.6 Å². The number of nitrogens with zero attached hydrogens (tertiary/aromatic N) is 1. The summed E-state index contributed by atoms with van der Waals surface area (Å²) in [6.45, 7) is 0. The third-order valence-corrected chi connectivity index (χ3v) is 4.65. The highest BCUT2D eigenvalue weighted by molar-refractivity contribution is 9.10. The lowest BCUT2D eigenvalue weighted by Crippen LogP contribution is -2.21. The first-order chi connectivity index (χ1) is 13.5. The van der Waals surface area contributed by atoms with Crippen LogP contribution in [0.4, 0.5) is 5.69 Å². The maximum absolute atomic E-state index is 12.6. The predicted molar refractivity (Wildman–Crippen MR) is 108 cm³/mol. The van der Waals surface area contributed by atoms with Gasteiger partial charge in [0, 0.05) is 15.6 Å². The molecule has 0 atom stereocenters. The number of benzene rings is 2. The van der Waals surface area contributed by atoms with Gasteiger partial charge < -0.3 is 14.7 Å². The Balaban J connectivity index is 1.98. The van der Waals surface area contributed by atoms with E-state index < -0.39 is 17.1 Å². The van der Waals surface area contributed by atoms with Crippen molar-refractivity contribution in [2.75, 3.05) is 5.32 Å². The number of carbonyl (C=O) groups excluding carboxylic acids is 1. The fraction of sp³-hybridized carbons (Fsp3) is 0. The molecule has 0 spiro atoms. The van der Waals surface area contributed by atoms with Crippen molar-refractivity contribution >= 4 is 38.6 Å². The number of rotatable bonds is 3. The van der Waals surface area contributed by atoms with Gasteiger partial charge in [-0.25, -0.2) is 9.78 Å². The van der Waals surface area contributed by atoms with E-state index in [1.807, 2.05) is 0 Å². The lowest BCUT2D eigenvalue weighted by Gasteiger charge is -2.12. The van der Waals surface area contributed by atoms with Gasteiger partial charge in [-0.3, -0.25) is 9.59 Å². The Labute approximate surface area is 166 Å². The van der Waals surface area contributed by atoms with E-state index in [4.69, 9.17) is 4.42 Å². The molecule has 8 heteroatoms. The maximum atomic E-state index is 12.6. The highest BCUT2D eigenvalue weighted by atomic mass is 79.9. The molecular weight excluding hydrogens is 426 g/mol. The number of aromatic amines is 1. The fourth-order valence-electron chi connectivity index (χ4n) is 2.84. The van der Waals surface area contributed by atoms with Gasteiger partial charge in [0.05, 0.1) is 6.33 Å². The second-order valence-electron chi connectivity index (χ2n) is 5.88. The zero-order valence-electron chi connectivity index (χ0n) is 14.2. The van der Waals surface area contributed by atoms with Crippen LogP contribution >= 0.6 is 15.9 Å². The van der Waals surface area contributed by atoms with Crippen LogP contribution in [0.1, 0.15) is 10.4 Å². The molecule has 0 aliphatic heterocycles. The summed E-state index contributed by atoms with van der Waals surface area (Å²) in [5.74, 6) is -0.495. The molecule has 0 aliphatic rings.